The van der Waals surface area contributed by atoms with Gasteiger partial charge in [0.1, 0.15) is 11.4 Å². The normalized spacial score (nSPS) is 10.9. The van der Waals surface area contributed by atoms with Gasteiger partial charge < -0.3 is 9.73 Å². The second-order valence-electron chi connectivity index (χ2n) is 4.21. The molecule has 0 aliphatic rings. The fourth-order valence-corrected chi connectivity index (χ4v) is 1.91. The first-order valence-corrected chi connectivity index (χ1v) is 5.84. The topological polar surface area (TPSA) is 96.7 Å². The number of hydrogen-bond donors (Lipinski definition) is 2. The van der Waals surface area contributed by atoms with Crippen LogP contribution in [0.3, 0.4) is 0 Å². The van der Waals surface area contributed by atoms with E-state index in [1.54, 1.807) is 6.92 Å². The lowest BCUT2D eigenvalue weighted by atomic mass is 10.1. The van der Waals surface area contributed by atoms with Crippen LogP contribution in [0.5, 0.6) is 0 Å². The second kappa shape index (κ2) is 4.72. The minimum absolute atomic E-state index is 0.125. The number of fused-ring (bicyclic) bond motifs is 1. The third-order valence-corrected chi connectivity index (χ3v) is 2.90. The monoisotopic (exact) mass is 275 g/mol. The van der Waals surface area contributed by atoms with Crippen LogP contribution in [0, 0.1) is 12.7 Å². The minimum atomic E-state index is -0.413. The summed E-state index contributed by atoms with van der Waals surface area (Å²) in [5.41, 5.74) is 1.05. The summed E-state index contributed by atoms with van der Waals surface area (Å²) >= 11 is 0. The maximum Gasteiger partial charge on any atom is 0.287 e. The number of carbonyl (C=O) groups is 1. The number of nitrogens with zero attached hydrogens (tertiary/aromatic N) is 3. The lowest BCUT2D eigenvalue weighted by Crippen LogP contribution is -2.23. The summed E-state index contributed by atoms with van der Waals surface area (Å²) in [6.45, 7) is 1.83. The number of nitrogens with one attached hydrogen (secondary N) is 2. The van der Waals surface area contributed by atoms with Crippen LogP contribution < -0.4 is 5.32 Å². The van der Waals surface area contributed by atoms with Crippen LogP contribution in [-0.4, -0.2) is 26.5 Å². The lowest BCUT2D eigenvalue weighted by molar-refractivity contribution is 0.0923. The van der Waals surface area contributed by atoms with Gasteiger partial charge in [0.25, 0.3) is 5.91 Å². The van der Waals surface area contributed by atoms with Crippen molar-refractivity contribution in [2.45, 2.75) is 13.5 Å². The van der Waals surface area contributed by atoms with E-state index in [9.17, 15) is 9.18 Å². The number of tetrazole rings is 1. The number of carbonyl (C=O) groups excluding carboxylic acids is 1. The highest BCUT2D eigenvalue weighted by Crippen LogP contribution is 2.25. The maximum absolute atomic E-state index is 13.2. The van der Waals surface area contributed by atoms with Gasteiger partial charge in [-0.25, -0.2) is 4.39 Å². The Bertz CT molecular complexity index is 766. The highest BCUT2D eigenvalue weighted by atomic mass is 19.1. The first kappa shape index (κ1) is 12.3. The molecule has 7 nitrogen and oxygen atoms in total. The van der Waals surface area contributed by atoms with Crippen molar-refractivity contribution in [2.24, 2.45) is 0 Å². The number of aromatic amines is 1. The molecule has 0 unspecified atom stereocenters. The average molecular weight is 275 g/mol. The largest absolute Gasteiger partial charge is 0.451 e. The molecule has 0 spiro atoms. The van der Waals surface area contributed by atoms with Gasteiger partial charge in [0.2, 0.25) is 0 Å². The van der Waals surface area contributed by atoms with E-state index in [1.165, 1.54) is 18.2 Å². The van der Waals surface area contributed by atoms with E-state index in [2.05, 4.69) is 25.9 Å². The van der Waals surface area contributed by atoms with Crippen molar-refractivity contribution in [3.63, 3.8) is 0 Å². The van der Waals surface area contributed by atoms with Gasteiger partial charge in [-0.2, -0.15) is 5.21 Å². The maximum atomic E-state index is 13.2. The molecule has 0 radical (unpaired) electrons. The quantitative estimate of drug-likeness (QED) is 0.751. The molecule has 0 aliphatic heterocycles. The van der Waals surface area contributed by atoms with Crippen LogP contribution in [0.2, 0.25) is 0 Å². The van der Waals surface area contributed by atoms with Gasteiger partial charge in [0, 0.05) is 10.9 Å². The predicted octanol–water partition coefficient (Wildman–Crippen LogP) is 1.32. The summed E-state index contributed by atoms with van der Waals surface area (Å²) in [4.78, 5) is 12.0. The first-order chi connectivity index (χ1) is 9.65. The van der Waals surface area contributed by atoms with E-state index in [0.717, 1.165) is 0 Å². The molecule has 0 bridgehead atoms. The summed E-state index contributed by atoms with van der Waals surface area (Å²) in [6.07, 6.45) is 0. The molecule has 20 heavy (non-hydrogen) atoms. The Morgan fingerprint density at radius 3 is 3.10 bits per heavy atom. The summed E-state index contributed by atoms with van der Waals surface area (Å²) in [5, 5.41) is 16.3. The number of halogens is 1. The first-order valence-electron chi connectivity index (χ1n) is 5.84. The number of aromatic nitrogens is 4. The third-order valence-electron chi connectivity index (χ3n) is 2.90. The molecule has 102 valence electrons. The van der Waals surface area contributed by atoms with Crippen molar-refractivity contribution in [3.8, 4) is 0 Å². The number of rotatable bonds is 3. The second-order valence-corrected chi connectivity index (χ2v) is 4.21. The van der Waals surface area contributed by atoms with Crippen LogP contribution in [0.25, 0.3) is 11.0 Å². The molecule has 2 aromatic heterocycles. The molecule has 0 aliphatic carbocycles. The zero-order valence-electron chi connectivity index (χ0n) is 10.5. The molecule has 0 fully saturated rings. The van der Waals surface area contributed by atoms with E-state index < -0.39 is 5.91 Å². The van der Waals surface area contributed by atoms with Crippen molar-refractivity contribution in [3.05, 3.63) is 41.2 Å². The highest BCUT2D eigenvalue weighted by Gasteiger charge is 2.18. The van der Waals surface area contributed by atoms with Crippen LogP contribution >= 0.6 is 0 Å². The Balaban J connectivity index is 1.86. The Hall–Kier alpha value is -2.77. The van der Waals surface area contributed by atoms with Gasteiger partial charge in [-0.3, -0.25) is 4.79 Å². The standard InChI is InChI=1S/C12H10FN5O2/c1-6-8-4-7(13)2-3-9(8)20-11(6)12(19)14-5-10-15-17-18-16-10/h2-4H,5H2,1H3,(H,14,19)(H,15,16,17,18). The number of benzene rings is 1. The Kier molecular flexibility index (Phi) is 2.90. The number of amides is 1. The molecule has 2 N–H and O–H groups in total. The molecule has 3 rings (SSSR count). The van der Waals surface area contributed by atoms with Gasteiger partial charge in [0.05, 0.1) is 6.54 Å². The number of hydrogen-bond acceptors (Lipinski definition) is 5. The van der Waals surface area contributed by atoms with Gasteiger partial charge in [-0.15, -0.1) is 10.2 Å². The molecule has 1 aromatic carbocycles. The minimum Gasteiger partial charge on any atom is -0.451 e. The number of H-pyrrole nitrogens is 1. The summed E-state index contributed by atoms with van der Waals surface area (Å²) < 4.78 is 18.6. The summed E-state index contributed by atoms with van der Waals surface area (Å²) in [7, 11) is 0. The molecule has 8 heteroatoms. The van der Waals surface area contributed by atoms with Crippen LogP contribution in [-0.2, 0) is 6.54 Å². The molecular weight excluding hydrogens is 265 g/mol. The van der Waals surface area contributed by atoms with Crippen LogP contribution in [0.1, 0.15) is 21.9 Å². The van der Waals surface area contributed by atoms with Gasteiger partial charge in [-0.05, 0) is 25.1 Å². The molecule has 2 heterocycles. The van der Waals surface area contributed by atoms with E-state index >= 15 is 0 Å². The molecule has 0 atom stereocenters. The zero-order valence-corrected chi connectivity index (χ0v) is 10.5. The molecule has 3 aromatic rings. The Morgan fingerprint density at radius 1 is 1.50 bits per heavy atom. The van der Waals surface area contributed by atoms with E-state index in [-0.39, 0.29) is 18.1 Å². The van der Waals surface area contributed by atoms with Crippen molar-refractivity contribution in [2.75, 3.05) is 0 Å². The van der Waals surface area contributed by atoms with Crippen molar-refractivity contribution < 1.29 is 13.6 Å². The van der Waals surface area contributed by atoms with Crippen molar-refractivity contribution in [1.82, 2.24) is 25.9 Å². The van der Waals surface area contributed by atoms with E-state index in [1.807, 2.05) is 0 Å². The Labute approximate surface area is 112 Å². The van der Waals surface area contributed by atoms with Gasteiger partial charge in [0.15, 0.2) is 11.6 Å². The van der Waals surface area contributed by atoms with Crippen LogP contribution in [0.4, 0.5) is 4.39 Å². The molecule has 0 saturated carbocycles. The highest BCUT2D eigenvalue weighted by molar-refractivity contribution is 5.98. The smallest absolute Gasteiger partial charge is 0.287 e. The van der Waals surface area contributed by atoms with Gasteiger partial charge >= 0.3 is 0 Å². The summed E-state index contributed by atoms with van der Waals surface area (Å²) in [5.74, 6) is -0.281. The number of aryl methyl sites for hydroxylation is 1. The fourth-order valence-electron chi connectivity index (χ4n) is 1.91. The predicted molar refractivity (Wildman–Crippen MR) is 66.3 cm³/mol. The van der Waals surface area contributed by atoms with Crippen molar-refractivity contribution >= 4 is 16.9 Å². The van der Waals surface area contributed by atoms with Crippen molar-refractivity contribution in [1.29, 1.82) is 0 Å². The van der Waals surface area contributed by atoms with E-state index in [0.29, 0.717) is 22.4 Å². The third kappa shape index (κ3) is 2.11. The van der Waals surface area contributed by atoms with E-state index in [4.69, 9.17) is 4.42 Å². The van der Waals surface area contributed by atoms with Crippen LogP contribution in [0.15, 0.2) is 22.6 Å². The Morgan fingerprint density at radius 2 is 2.35 bits per heavy atom. The fraction of sp³-hybridized carbons (Fsp3) is 0.167. The molecule has 0 saturated heterocycles. The average Bonchev–Trinajstić information content (AvgIpc) is 3.05. The van der Waals surface area contributed by atoms with Gasteiger partial charge in [-0.1, -0.05) is 5.21 Å². The molecule has 1 amide bonds. The lowest BCUT2D eigenvalue weighted by Gasteiger charge is -1.99. The SMILES string of the molecule is Cc1c(C(=O)NCc2nn[nH]n2)oc2ccc(F)cc12. The molecular formula is C12H10FN5O2. The zero-order chi connectivity index (χ0) is 14.1. The number of furan rings is 1. The summed E-state index contributed by atoms with van der Waals surface area (Å²) in [6, 6.07) is 4.12.